The van der Waals surface area contributed by atoms with E-state index in [2.05, 4.69) is 4.98 Å². The molecular formula is C16H15N3O. The number of nitrogens with two attached hydrogens (primary N) is 1. The van der Waals surface area contributed by atoms with Crippen LogP contribution in [-0.4, -0.2) is 9.66 Å². The Kier molecular flexibility index (Phi) is 2.99. The normalized spacial score (nSPS) is 12.4. The summed E-state index contributed by atoms with van der Waals surface area (Å²) in [5, 5.41) is 0.951. The molecule has 4 heteroatoms. The molecule has 2 heterocycles. The van der Waals surface area contributed by atoms with E-state index in [0.29, 0.717) is 5.56 Å². The Labute approximate surface area is 116 Å². The van der Waals surface area contributed by atoms with Gasteiger partial charge in [0.1, 0.15) is 0 Å². The van der Waals surface area contributed by atoms with E-state index in [9.17, 15) is 4.79 Å². The smallest absolute Gasteiger partial charge is 0.273 e. The van der Waals surface area contributed by atoms with Crippen molar-refractivity contribution in [1.29, 1.82) is 0 Å². The molecular weight excluding hydrogens is 250 g/mol. The lowest BCUT2D eigenvalue weighted by Gasteiger charge is -2.13. The molecule has 0 aliphatic carbocycles. The highest BCUT2D eigenvalue weighted by atomic mass is 16.1. The fourth-order valence-corrected chi connectivity index (χ4v) is 2.41. The van der Waals surface area contributed by atoms with Crippen molar-refractivity contribution in [3.8, 4) is 0 Å². The molecule has 4 nitrogen and oxygen atoms in total. The molecule has 0 radical (unpaired) electrons. The van der Waals surface area contributed by atoms with Crippen molar-refractivity contribution in [2.45, 2.75) is 12.8 Å². The van der Waals surface area contributed by atoms with E-state index >= 15 is 0 Å². The third-order valence-electron chi connectivity index (χ3n) is 3.57. The van der Waals surface area contributed by atoms with Crippen LogP contribution in [0.15, 0.2) is 59.5 Å². The van der Waals surface area contributed by atoms with Crippen LogP contribution in [0.5, 0.6) is 0 Å². The van der Waals surface area contributed by atoms with Gasteiger partial charge in [-0.15, -0.1) is 0 Å². The molecule has 0 saturated heterocycles. The van der Waals surface area contributed by atoms with Crippen molar-refractivity contribution >= 4 is 10.9 Å². The third-order valence-corrected chi connectivity index (χ3v) is 3.57. The number of fused-ring (bicyclic) bond motifs is 1. The van der Waals surface area contributed by atoms with E-state index < -0.39 is 0 Å². The number of hydrogen-bond acceptors (Lipinski definition) is 3. The average molecular weight is 265 g/mol. The van der Waals surface area contributed by atoms with Crippen LogP contribution < -0.4 is 11.4 Å². The van der Waals surface area contributed by atoms with Crippen molar-refractivity contribution in [3.63, 3.8) is 0 Å². The summed E-state index contributed by atoms with van der Waals surface area (Å²) >= 11 is 0. The molecule has 0 bridgehead atoms. The first-order valence-electron chi connectivity index (χ1n) is 6.49. The molecule has 100 valence electrons. The Bertz CT molecular complexity index is 809. The molecule has 0 aliphatic heterocycles. The zero-order valence-corrected chi connectivity index (χ0v) is 11.2. The van der Waals surface area contributed by atoms with Crippen molar-refractivity contribution in [3.05, 3.63) is 76.3 Å². The molecule has 1 atom stereocenters. The lowest BCUT2D eigenvalue weighted by Crippen LogP contribution is -2.31. The second-order valence-electron chi connectivity index (χ2n) is 4.81. The van der Waals surface area contributed by atoms with Gasteiger partial charge in [0, 0.05) is 28.8 Å². The summed E-state index contributed by atoms with van der Waals surface area (Å²) in [7, 11) is 0. The highest BCUT2D eigenvalue weighted by molar-refractivity contribution is 5.79. The first-order chi connectivity index (χ1) is 9.68. The van der Waals surface area contributed by atoms with E-state index in [0.717, 1.165) is 16.6 Å². The minimum atomic E-state index is -0.179. The van der Waals surface area contributed by atoms with Crippen molar-refractivity contribution in [1.82, 2.24) is 9.66 Å². The number of benzene rings is 1. The van der Waals surface area contributed by atoms with Crippen LogP contribution in [0, 0.1) is 0 Å². The zero-order chi connectivity index (χ0) is 14.1. The van der Waals surface area contributed by atoms with E-state index in [-0.39, 0.29) is 11.5 Å². The third kappa shape index (κ3) is 1.95. The molecule has 3 aromatic rings. The van der Waals surface area contributed by atoms with Gasteiger partial charge in [-0.05, 0) is 24.3 Å². The average Bonchev–Trinajstić information content (AvgIpc) is 2.51. The van der Waals surface area contributed by atoms with Gasteiger partial charge in [-0.2, -0.15) is 0 Å². The SMILES string of the molecule is CC(c1ccccn1)c1cc2ccccc2n(N)c1=O. The van der Waals surface area contributed by atoms with E-state index in [1.807, 2.05) is 55.5 Å². The summed E-state index contributed by atoms with van der Waals surface area (Å²) < 4.78 is 1.21. The van der Waals surface area contributed by atoms with Crippen molar-refractivity contribution < 1.29 is 0 Å². The number of pyridine rings is 2. The van der Waals surface area contributed by atoms with Gasteiger partial charge < -0.3 is 5.84 Å². The number of aromatic nitrogens is 2. The fourth-order valence-electron chi connectivity index (χ4n) is 2.41. The summed E-state index contributed by atoms with van der Waals surface area (Å²) in [6.45, 7) is 1.97. The summed E-state index contributed by atoms with van der Waals surface area (Å²) in [6, 6.07) is 15.2. The maximum absolute atomic E-state index is 12.4. The summed E-state index contributed by atoms with van der Waals surface area (Å²) in [5.74, 6) is 5.82. The van der Waals surface area contributed by atoms with Crippen LogP contribution in [0.2, 0.25) is 0 Å². The van der Waals surface area contributed by atoms with Gasteiger partial charge in [0.25, 0.3) is 5.56 Å². The summed E-state index contributed by atoms with van der Waals surface area (Å²) in [6.07, 6.45) is 1.73. The molecule has 20 heavy (non-hydrogen) atoms. The van der Waals surface area contributed by atoms with Crippen LogP contribution in [0.4, 0.5) is 0 Å². The van der Waals surface area contributed by atoms with Crippen LogP contribution in [0.1, 0.15) is 24.1 Å². The number of hydrogen-bond donors (Lipinski definition) is 1. The molecule has 3 rings (SSSR count). The Morgan fingerprint density at radius 1 is 1.15 bits per heavy atom. The maximum Gasteiger partial charge on any atom is 0.273 e. The minimum Gasteiger partial charge on any atom is -0.336 e. The molecule has 0 spiro atoms. The topological polar surface area (TPSA) is 60.9 Å². The maximum atomic E-state index is 12.4. The number of rotatable bonds is 2. The largest absolute Gasteiger partial charge is 0.336 e. The van der Waals surface area contributed by atoms with Gasteiger partial charge in [-0.25, -0.2) is 4.68 Å². The highest BCUT2D eigenvalue weighted by Gasteiger charge is 2.16. The van der Waals surface area contributed by atoms with Gasteiger partial charge >= 0.3 is 0 Å². The molecule has 1 aromatic carbocycles. The molecule has 1 unspecified atom stereocenters. The second kappa shape index (κ2) is 4.81. The Morgan fingerprint density at radius 3 is 2.65 bits per heavy atom. The predicted octanol–water partition coefficient (Wildman–Crippen LogP) is 2.26. The van der Waals surface area contributed by atoms with Crippen LogP contribution >= 0.6 is 0 Å². The molecule has 2 N–H and O–H groups in total. The number of nitrogens with zero attached hydrogens (tertiary/aromatic N) is 2. The summed E-state index contributed by atoms with van der Waals surface area (Å²) in [4.78, 5) is 16.7. The van der Waals surface area contributed by atoms with Gasteiger partial charge in [0.15, 0.2) is 0 Å². The number of nitrogen functional groups attached to an aromatic ring is 1. The van der Waals surface area contributed by atoms with Gasteiger partial charge in [0.2, 0.25) is 0 Å². The molecule has 0 fully saturated rings. The predicted molar refractivity (Wildman–Crippen MR) is 80.1 cm³/mol. The standard InChI is InChI=1S/C16H15N3O/c1-11(14-7-4-5-9-18-14)13-10-12-6-2-3-8-15(12)19(17)16(13)20/h2-11H,17H2,1H3. The quantitative estimate of drug-likeness (QED) is 0.723. The lowest BCUT2D eigenvalue weighted by atomic mass is 9.97. The molecule has 0 saturated carbocycles. The van der Waals surface area contributed by atoms with Gasteiger partial charge in [-0.3, -0.25) is 9.78 Å². The Balaban J connectivity index is 2.22. The monoisotopic (exact) mass is 265 g/mol. The number of para-hydroxylation sites is 1. The fraction of sp³-hybridized carbons (Fsp3) is 0.125. The highest BCUT2D eigenvalue weighted by Crippen LogP contribution is 2.22. The van der Waals surface area contributed by atoms with Crippen LogP contribution in [-0.2, 0) is 0 Å². The lowest BCUT2D eigenvalue weighted by molar-refractivity contribution is 0.830. The second-order valence-corrected chi connectivity index (χ2v) is 4.81. The Hall–Kier alpha value is -2.62. The summed E-state index contributed by atoms with van der Waals surface area (Å²) in [5.41, 5.74) is 2.07. The first kappa shape index (κ1) is 12.4. The molecule has 0 amide bonds. The first-order valence-corrected chi connectivity index (χ1v) is 6.49. The molecule has 2 aromatic heterocycles. The van der Waals surface area contributed by atoms with Crippen LogP contribution in [0.3, 0.4) is 0 Å². The van der Waals surface area contributed by atoms with E-state index in [1.165, 1.54) is 4.68 Å². The van der Waals surface area contributed by atoms with E-state index in [4.69, 9.17) is 5.84 Å². The zero-order valence-electron chi connectivity index (χ0n) is 11.2. The Morgan fingerprint density at radius 2 is 1.90 bits per heavy atom. The minimum absolute atomic E-state index is 0.0943. The van der Waals surface area contributed by atoms with Crippen molar-refractivity contribution in [2.24, 2.45) is 0 Å². The van der Waals surface area contributed by atoms with Gasteiger partial charge in [0.05, 0.1) is 5.52 Å². The van der Waals surface area contributed by atoms with Gasteiger partial charge in [-0.1, -0.05) is 31.2 Å². The van der Waals surface area contributed by atoms with Crippen molar-refractivity contribution in [2.75, 3.05) is 5.84 Å². The van der Waals surface area contributed by atoms with Crippen LogP contribution in [0.25, 0.3) is 10.9 Å². The van der Waals surface area contributed by atoms with E-state index in [1.54, 1.807) is 6.20 Å². The molecule has 0 aliphatic rings.